The maximum absolute atomic E-state index is 13.5. The molecule has 3 rings (SSSR count). The van der Waals surface area contributed by atoms with Gasteiger partial charge in [-0.1, -0.05) is 34.1 Å². The van der Waals surface area contributed by atoms with Crippen LogP contribution < -0.4 is 10.6 Å². The highest BCUT2D eigenvalue weighted by Gasteiger charge is 2.34. The third-order valence-electron chi connectivity index (χ3n) is 4.17. The Bertz CT molecular complexity index is 904. The van der Waals surface area contributed by atoms with E-state index in [4.69, 9.17) is 0 Å². The molecule has 0 atom stereocenters. The van der Waals surface area contributed by atoms with Gasteiger partial charge in [0.05, 0.1) is 11.1 Å². The average Bonchev–Trinajstić information content (AvgIpc) is 2.88. The number of urea groups is 1. The van der Waals surface area contributed by atoms with Gasteiger partial charge < -0.3 is 10.6 Å². The fraction of sp³-hybridized carbons (Fsp3) is 0.211. The molecule has 0 aromatic heterocycles. The number of nitrogens with zero attached hydrogens (tertiary/aromatic N) is 1. The molecule has 1 aliphatic heterocycles. The van der Waals surface area contributed by atoms with Crippen molar-refractivity contribution in [3.63, 3.8) is 0 Å². The van der Waals surface area contributed by atoms with Crippen molar-refractivity contribution in [1.29, 1.82) is 0 Å². The van der Waals surface area contributed by atoms with Gasteiger partial charge in [-0.05, 0) is 30.7 Å². The Morgan fingerprint density at radius 3 is 2.56 bits per heavy atom. The molecule has 2 aromatic carbocycles. The topological polar surface area (TPSA) is 78.5 Å². The van der Waals surface area contributed by atoms with Crippen molar-refractivity contribution >= 4 is 33.8 Å². The van der Waals surface area contributed by atoms with Crippen molar-refractivity contribution < 1.29 is 18.8 Å². The minimum Gasteiger partial charge on any atom is -0.338 e. The number of benzene rings is 2. The van der Waals surface area contributed by atoms with E-state index in [1.165, 1.54) is 11.0 Å². The highest BCUT2D eigenvalue weighted by atomic mass is 79.9. The molecule has 0 saturated carbocycles. The zero-order valence-electron chi connectivity index (χ0n) is 14.3. The van der Waals surface area contributed by atoms with Crippen LogP contribution in [-0.4, -0.2) is 35.8 Å². The van der Waals surface area contributed by atoms with Gasteiger partial charge in [0.1, 0.15) is 5.82 Å². The molecule has 2 aromatic rings. The fourth-order valence-electron chi connectivity index (χ4n) is 2.78. The molecule has 0 fully saturated rings. The van der Waals surface area contributed by atoms with E-state index in [1.54, 1.807) is 36.4 Å². The molecule has 2 N–H and O–H groups in total. The van der Waals surface area contributed by atoms with Crippen LogP contribution >= 0.6 is 15.9 Å². The van der Waals surface area contributed by atoms with Crippen LogP contribution in [0.4, 0.5) is 9.18 Å². The standard InChI is InChI=1S/C19H17BrFN3O3/c20-13-6-7-14-15(10-13)18(26)24(17(14)25)9-3-8-22-19(27)23-11-12-4-1-2-5-16(12)21/h1-2,4-7,10H,3,8-9,11H2,(H2,22,23,27). The number of nitrogens with one attached hydrogen (secondary N) is 2. The predicted octanol–water partition coefficient (Wildman–Crippen LogP) is 3.07. The Labute approximate surface area is 163 Å². The Balaban J connectivity index is 1.43. The molecular weight excluding hydrogens is 417 g/mol. The lowest BCUT2D eigenvalue weighted by Gasteiger charge is -2.14. The number of carbonyl (C=O) groups is 3. The van der Waals surface area contributed by atoms with Crippen molar-refractivity contribution in [2.45, 2.75) is 13.0 Å². The number of rotatable bonds is 6. The van der Waals surface area contributed by atoms with Crippen LogP contribution in [0.5, 0.6) is 0 Å². The van der Waals surface area contributed by atoms with Crippen molar-refractivity contribution in [3.8, 4) is 0 Å². The number of fused-ring (bicyclic) bond motifs is 1. The van der Waals surface area contributed by atoms with Crippen LogP contribution in [0.15, 0.2) is 46.9 Å². The van der Waals surface area contributed by atoms with Gasteiger partial charge in [0.2, 0.25) is 0 Å². The van der Waals surface area contributed by atoms with E-state index in [9.17, 15) is 18.8 Å². The minimum absolute atomic E-state index is 0.0752. The van der Waals surface area contributed by atoms with Gasteiger partial charge in [0.15, 0.2) is 0 Å². The average molecular weight is 434 g/mol. The van der Waals surface area contributed by atoms with Gasteiger partial charge in [-0.25, -0.2) is 9.18 Å². The molecule has 0 unspecified atom stereocenters. The molecule has 0 radical (unpaired) electrons. The maximum atomic E-state index is 13.5. The monoisotopic (exact) mass is 433 g/mol. The lowest BCUT2D eigenvalue weighted by atomic mass is 10.1. The summed E-state index contributed by atoms with van der Waals surface area (Å²) in [7, 11) is 0. The molecule has 0 saturated heterocycles. The Hall–Kier alpha value is -2.74. The Kier molecular flexibility index (Phi) is 5.85. The maximum Gasteiger partial charge on any atom is 0.315 e. The fourth-order valence-corrected chi connectivity index (χ4v) is 3.15. The van der Waals surface area contributed by atoms with Crippen LogP contribution in [0.25, 0.3) is 0 Å². The first-order valence-corrected chi connectivity index (χ1v) is 9.17. The molecule has 4 amide bonds. The normalized spacial score (nSPS) is 12.9. The van der Waals surface area contributed by atoms with Crippen molar-refractivity contribution in [2.75, 3.05) is 13.1 Å². The molecule has 0 bridgehead atoms. The van der Waals surface area contributed by atoms with Crippen LogP contribution in [0.2, 0.25) is 0 Å². The van der Waals surface area contributed by atoms with Crippen molar-refractivity contribution in [3.05, 3.63) is 69.4 Å². The second kappa shape index (κ2) is 8.30. The van der Waals surface area contributed by atoms with Crippen LogP contribution in [0.1, 0.15) is 32.7 Å². The zero-order chi connectivity index (χ0) is 19.4. The van der Waals surface area contributed by atoms with E-state index in [0.29, 0.717) is 23.1 Å². The minimum atomic E-state index is -0.440. The highest BCUT2D eigenvalue weighted by Crippen LogP contribution is 2.25. The van der Waals surface area contributed by atoms with E-state index >= 15 is 0 Å². The number of amides is 4. The Morgan fingerprint density at radius 2 is 1.78 bits per heavy atom. The smallest absolute Gasteiger partial charge is 0.315 e. The quantitative estimate of drug-likeness (QED) is 0.542. The first kappa shape index (κ1) is 19.0. The van der Waals surface area contributed by atoms with Gasteiger partial charge in [-0.2, -0.15) is 0 Å². The first-order chi connectivity index (χ1) is 13.0. The van der Waals surface area contributed by atoms with E-state index in [0.717, 1.165) is 4.47 Å². The lowest BCUT2D eigenvalue weighted by Crippen LogP contribution is -2.38. The summed E-state index contributed by atoms with van der Waals surface area (Å²) in [5, 5.41) is 5.19. The predicted molar refractivity (Wildman–Crippen MR) is 101 cm³/mol. The highest BCUT2D eigenvalue weighted by molar-refractivity contribution is 9.10. The van der Waals surface area contributed by atoms with Gasteiger partial charge in [-0.3, -0.25) is 14.5 Å². The number of carbonyl (C=O) groups excluding carboxylic acids is 3. The molecule has 27 heavy (non-hydrogen) atoms. The molecule has 140 valence electrons. The van der Waals surface area contributed by atoms with Crippen molar-refractivity contribution in [1.82, 2.24) is 15.5 Å². The van der Waals surface area contributed by atoms with Gasteiger partial charge >= 0.3 is 6.03 Å². The van der Waals surface area contributed by atoms with E-state index in [1.807, 2.05) is 0 Å². The van der Waals surface area contributed by atoms with Crippen LogP contribution in [-0.2, 0) is 6.54 Å². The largest absolute Gasteiger partial charge is 0.338 e. The summed E-state index contributed by atoms with van der Waals surface area (Å²) in [4.78, 5) is 37.6. The number of hydrogen-bond acceptors (Lipinski definition) is 3. The van der Waals surface area contributed by atoms with E-state index in [-0.39, 0.29) is 37.3 Å². The summed E-state index contributed by atoms with van der Waals surface area (Å²) >= 11 is 3.29. The van der Waals surface area contributed by atoms with Gasteiger partial charge in [-0.15, -0.1) is 0 Å². The van der Waals surface area contributed by atoms with E-state index < -0.39 is 6.03 Å². The zero-order valence-corrected chi connectivity index (χ0v) is 15.9. The molecule has 1 aliphatic rings. The lowest BCUT2D eigenvalue weighted by molar-refractivity contribution is 0.0653. The Morgan fingerprint density at radius 1 is 1.04 bits per heavy atom. The van der Waals surface area contributed by atoms with Gasteiger partial charge in [0, 0.05) is 29.7 Å². The molecule has 0 aliphatic carbocycles. The molecule has 8 heteroatoms. The summed E-state index contributed by atoms with van der Waals surface area (Å²) in [6.45, 7) is 0.559. The summed E-state index contributed by atoms with van der Waals surface area (Å²) in [6.07, 6.45) is 0.416. The summed E-state index contributed by atoms with van der Waals surface area (Å²) < 4.78 is 14.2. The number of hydrogen-bond donors (Lipinski definition) is 2. The molecule has 6 nitrogen and oxygen atoms in total. The summed E-state index contributed by atoms with van der Waals surface area (Å²) in [5.74, 6) is -1.04. The van der Waals surface area contributed by atoms with E-state index in [2.05, 4.69) is 26.6 Å². The second-order valence-electron chi connectivity index (χ2n) is 6.01. The summed E-state index contributed by atoms with van der Waals surface area (Å²) in [5.41, 5.74) is 1.16. The second-order valence-corrected chi connectivity index (χ2v) is 6.92. The number of imide groups is 1. The third-order valence-corrected chi connectivity index (χ3v) is 4.67. The molecule has 1 heterocycles. The number of halogens is 2. The van der Waals surface area contributed by atoms with Crippen molar-refractivity contribution in [2.24, 2.45) is 0 Å². The SMILES string of the molecule is O=C(NCCCN1C(=O)c2ccc(Br)cc2C1=O)NCc1ccccc1F. The third kappa shape index (κ3) is 4.33. The molecular formula is C19H17BrFN3O3. The van der Waals surface area contributed by atoms with Crippen LogP contribution in [0.3, 0.4) is 0 Å². The summed E-state index contributed by atoms with van der Waals surface area (Å²) in [6, 6.07) is 10.7. The molecule has 0 spiro atoms. The van der Waals surface area contributed by atoms with Crippen LogP contribution in [0, 0.1) is 5.82 Å². The van der Waals surface area contributed by atoms with Gasteiger partial charge in [0.25, 0.3) is 11.8 Å². The first-order valence-electron chi connectivity index (χ1n) is 8.38.